The van der Waals surface area contributed by atoms with Crippen molar-refractivity contribution >= 4 is 11.9 Å². The van der Waals surface area contributed by atoms with Crippen molar-refractivity contribution in [1.82, 2.24) is 10.2 Å². The van der Waals surface area contributed by atoms with Crippen molar-refractivity contribution in [3.63, 3.8) is 0 Å². The Bertz CT molecular complexity index is 692. The maximum absolute atomic E-state index is 12.8. The minimum Gasteiger partial charge on any atom is -0.351 e. The number of amides is 3. The molecule has 8 heteroatoms. The molecule has 3 amide bonds. The number of benzene rings is 1. The van der Waals surface area contributed by atoms with Crippen LogP contribution in [0.3, 0.4) is 0 Å². The van der Waals surface area contributed by atoms with Gasteiger partial charge < -0.3 is 16.0 Å². The topological polar surface area (TPSA) is 75.4 Å². The Kier molecular flexibility index (Phi) is 4.38. The number of likely N-dealkylation sites (tertiary alicyclic amines) is 1. The third-order valence-electron chi connectivity index (χ3n) is 5.34. The second kappa shape index (κ2) is 6.24. The first kappa shape index (κ1) is 17.6. The highest BCUT2D eigenvalue weighted by Gasteiger charge is 2.55. The predicted molar refractivity (Wildman–Crippen MR) is 84.2 cm³/mol. The van der Waals surface area contributed by atoms with E-state index < -0.39 is 23.2 Å². The second-order valence-electron chi connectivity index (χ2n) is 6.84. The van der Waals surface area contributed by atoms with Crippen molar-refractivity contribution < 1.29 is 22.8 Å². The fourth-order valence-corrected chi connectivity index (χ4v) is 4.04. The van der Waals surface area contributed by atoms with Crippen LogP contribution in [0, 0.1) is 11.3 Å². The molecule has 3 rings (SSSR count). The number of hydrogen-bond acceptors (Lipinski definition) is 2. The SMILES string of the molecule is NC(=O)N1CC2CCCC2(C(=O)NCc2cccc(C(F)(F)F)c2)C1. The third-order valence-corrected chi connectivity index (χ3v) is 5.34. The predicted octanol–water partition coefficient (Wildman–Crippen LogP) is 2.50. The van der Waals surface area contributed by atoms with Crippen molar-refractivity contribution in [3.8, 4) is 0 Å². The molecule has 1 saturated heterocycles. The molecule has 0 radical (unpaired) electrons. The van der Waals surface area contributed by atoms with Gasteiger partial charge in [-0.25, -0.2) is 4.79 Å². The maximum atomic E-state index is 12.8. The molecule has 5 nitrogen and oxygen atoms in total. The van der Waals surface area contributed by atoms with E-state index in [4.69, 9.17) is 5.73 Å². The molecule has 1 aliphatic heterocycles. The third kappa shape index (κ3) is 3.29. The van der Waals surface area contributed by atoms with E-state index in [2.05, 4.69) is 5.32 Å². The number of carbonyl (C=O) groups is 2. The average molecular weight is 355 g/mol. The van der Waals surface area contributed by atoms with Crippen LogP contribution in [0.1, 0.15) is 30.4 Å². The van der Waals surface area contributed by atoms with Crippen LogP contribution in [0.2, 0.25) is 0 Å². The summed E-state index contributed by atoms with van der Waals surface area (Å²) in [6.45, 7) is 0.765. The highest BCUT2D eigenvalue weighted by molar-refractivity contribution is 5.85. The smallest absolute Gasteiger partial charge is 0.351 e. The number of rotatable bonds is 3. The second-order valence-corrected chi connectivity index (χ2v) is 6.84. The monoisotopic (exact) mass is 355 g/mol. The van der Waals surface area contributed by atoms with Crippen molar-refractivity contribution in [3.05, 3.63) is 35.4 Å². The van der Waals surface area contributed by atoms with Gasteiger partial charge in [0.2, 0.25) is 5.91 Å². The van der Waals surface area contributed by atoms with Gasteiger partial charge in [-0.15, -0.1) is 0 Å². The van der Waals surface area contributed by atoms with Crippen LogP contribution >= 0.6 is 0 Å². The first-order valence-corrected chi connectivity index (χ1v) is 8.21. The highest BCUT2D eigenvalue weighted by atomic mass is 19.4. The Balaban J connectivity index is 1.69. The molecular formula is C17H20F3N3O2. The van der Waals surface area contributed by atoms with Gasteiger partial charge in [0.25, 0.3) is 0 Å². The number of fused-ring (bicyclic) bond motifs is 1. The van der Waals surface area contributed by atoms with Crippen molar-refractivity contribution in [2.75, 3.05) is 13.1 Å². The maximum Gasteiger partial charge on any atom is 0.416 e. The Morgan fingerprint density at radius 3 is 2.80 bits per heavy atom. The van der Waals surface area contributed by atoms with Gasteiger partial charge >= 0.3 is 12.2 Å². The van der Waals surface area contributed by atoms with Crippen LogP contribution in [0.15, 0.2) is 24.3 Å². The first-order chi connectivity index (χ1) is 11.7. The van der Waals surface area contributed by atoms with Crippen molar-refractivity contribution in [1.29, 1.82) is 0 Å². The van der Waals surface area contributed by atoms with E-state index >= 15 is 0 Å². The zero-order chi connectivity index (χ0) is 18.2. The lowest BCUT2D eigenvalue weighted by Crippen LogP contribution is -2.45. The number of primary amides is 1. The molecule has 0 spiro atoms. The largest absolute Gasteiger partial charge is 0.416 e. The van der Waals surface area contributed by atoms with E-state index in [0.29, 0.717) is 18.5 Å². The van der Waals surface area contributed by atoms with Crippen molar-refractivity contribution in [2.45, 2.75) is 32.0 Å². The lowest BCUT2D eigenvalue weighted by Gasteiger charge is -2.27. The summed E-state index contributed by atoms with van der Waals surface area (Å²) in [7, 11) is 0. The van der Waals surface area contributed by atoms with Gasteiger partial charge in [0.05, 0.1) is 11.0 Å². The summed E-state index contributed by atoms with van der Waals surface area (Å²) in [6, 6.07) is 4.36. The van der Waals surface area contributed by atoms with Gasteiger partial charge in [0.15, 0.2) is 0 Å². The molecule has 1 saturated carbocycles. The van der Waals surface area contributed by atoms with Gasteiger partial charge in [-0.3, -0.25) is 4.79 Å². The highest BCUT2D eigenvalue weighted by Crippen LogP contribution is 2.48. The minimum atomic E-state index is -4.41. The molecule has 136 valence electrons. The molecule has 2 unspecified atom stereocenters. The lowest BCUT2D eigenvalue weighted by atomic mass is 9.80. The number of alkyl halides is 3. The quantitative estimate of drug-likeness (QED) is 0.874. The lowest BCUT2D eigenvalue weighted by molar-refractivity contribution is -0.137. The summed E-state index contributed by atoms with van der Waals surface area (Å²) in [6.07, 6.45) is -2.01. The van der Waals surface area contributed by atoms with E-state index in [1.54, 1.807) is 6.07 Å². The Hall–Kier alpha value is -2.25. The van der Waals surface area contributed by atoms with Gasteiger partial charge in [-0.05, 0) is 36.5 Å². The molecule has 0 bridgehead atoms. The van der Waals surface area contributed by atoms with Crippen LogP contribution < -0.4 is 11.1 Å². The van der Waals surface area contributed by atoms with E-state index in [1.807, 2.05) is 0 Å². The normalized spacial score (nSPS) is 25.7. The molecule has 2 aliphatic rings. The summed E-state index contributed by atoms with van der Waals surface area (Å²) < 4.78 is 38.3. The van der Waals surface area contributed by atoms with E-state index in [-0.39, 0.29) is 24.9 Å². The zero-order valence-electron chi connectivity index (χ0n) is 13.6. The molecular weight excluding hydrogens is 335 g/mol. The zero-order valence-corrected chi connectivity index (χ0v) is 13.6. The van der Waals surface area contributed by atoms with E-state index in [0.717, 1.165) is 25.0 Å². The molecule has 2 atom stereocenters. The van der Waals surface area contributed by atoms with Gasteiger partial charge in [-0.1, -0.05) is 18.6 Å². The number of carbonyl (C=O) groups excluding carboxylic acids is 2. The number of nitrogens with one attached hydrogen (secondary N) is 1. The van der Waals surface area contributed by atoms with E-state index in [9.17, 15) is 22.8 Å². The number of halogens is 3. The van der Waals surface area contributed by atoms with E-state index in [1.165, 1.54) is 11.0 Å². The number of nitrogens with zero attached hydrogens (tertiary/aromatic N) is 1. The van der Waals surface area contributed by atoms with Crippen LogP contribution in [0.4, 0.5) is 18.0 Å². The molecule has 0 aromatic heterocycles. The molecule has 1 aromatic carbocycles. The Morgan fingerprint density at radius 2 is 2.12 bits per heavy atom. The summed E-state index contributed by atoms with van der Waals surface area (Å²) in [5.41, 5.74) is 4.31. The standard InChI is InChI=1S/C17H20F3N3O2/c18-17(19,20)12-4-1-3-11(7-12)8-22-14(24)16-6-2-5-13(16)9-23(10-16)15(21)25/h1,3-4,7,13H,2,5-6,8-10H2,(H2,21,25)(H,22,24). The Labute approximate surface area is 143 Å². The van der Waals surface area contributed by atoms with Gasteiger partial charge in [0, 0.05) is 19.6 Å². The van der Waals surface area contributed by atoms with Crippen LogP contribution in [0.25, 0.3) is 0 Å². The summed E-state index contributed by atoms with van der Waals surface area (Å²) in [5.74, 6) is -0.155. The number of urea groups is 1. The molecule has 2 fully saturated rings. The molecule has 3 N–H and O–H groups in total. The molecule has 1 heterocycles. The van der Waals surface area contributed by atoms with Crippen molar-refractivity contribution in [2.24, 2.45) is 17.1 Å². The first-order valence-electron chi connectivity index (χ1n) is 8.21. The fraction of sp³-hybridized carbons (Fsp3) is 0.529. The number of nitrogens with two attached hydrogens (primary N) is 1. The Morgan fingerprint density at radius 1 is 1.36 bits per heavy atom. The minimum absolute atomic E-state index is 0.0216. The molecule has 1 aromatic rings. The van der Waals surface area contributed by atoms with Crippen LogP contribution in [-0.2, 0) is 17.5 Å². The van der Waals surface area contributed by atoms with Crippen LogP contribution in [-0.4, -0.2) is 29.9 Å². The molecule has 1 aliphatic carbocycles. The van der Waals surface area contributed by atoms with Gasteiger partial charge in [-0.2, -0.15) is 13.2 Å². The fourth-order valence-electron chi connectivity index (χ4n) is 4.04. The molecule has 25 heavy (non-hydrogen) atoms. The van der Waals surface area contributed by atoms with Gasteiger partial charge in [0.1, 0.15) is 0 Å². The summed E-state index contributed by atoms with van der Waals surface area (Å²) in [5, 5.41) is 2.76. The number of hydrogen-bond donors (Lipinski definition) is 2. The summed E-state index contributed by atoms with van der Waals surface area (Å²) in [4.78, 5) is 25.7. The van der Waals surface area contributed by atoms with Crippen LogP contribution in [0.5, 0.6) is 0 Å². The summed E-state index contributed by atoms with van der Waals surface area (Å²) >= 11 is 0. The average Bonchev–Trinajstić information content (AvgIpc) is 3.10.